The molecule has 0 amide bonds. The van der Waals surface area contributed by atoms with Crippen LogP contribution in [0.25, 0.3) is 0 Å². The van der Waals surface area contributed by atoms with Crippen LogP contribution in [0.5, 0.6) is 0 Å². The second-order valence-corrected chi connectivity index (χ2v) is 1.89. The normalized spacial score (nSPS) is 12.3. The molecule has 1 heteroatoms. The molecule has 10 heavy (non-hydrogen) atoms. The van der Waals surface area contributed by atoms with Crippen LogP contribution < -0.4 is 0 Å². The van der Waals surface area contributed by atoms with E-state index in [9.17, 15) is 0 Å². The van der Waals surface area contributed by atoms with Crippen molar-refractivity contribution >= 4 is 0 Å². The van der Waals surface area contributed by atoms with Gasteiger partial charge in [0.05, 0.1) is 0 Å². The Bertz CT molecular complexity index is 114. The van der Waals surface area contributed by atoms with Gasteiger partial charge in [-0.05, 0) is 20.8 Å². The van der Waals surface area contributed by atoms with E-state index in [1.165, 1.54) is 0 Å². The van der Waals surface area contributed by atoms with Crippen molar-refractivity contribution in [3.05, 3.63) is 36.8 Å². The summed E-state index contributed by atoms with van der Waals surface area (Å²) in [5.74, 6) is 0. The van der Waals surface area contributed by atoms with Gasteiger partial charge in [-0.3, -0.25) is 0 Å². The monoisotopic (exact) mass is 137 g/mol. The van der Waals surface area contributed by atoms with Crippen molar-refractivity contribution in [2.45, 2.75) is 20.8 Å². The molecular formula is C9H15N. The van der Waals surface area contributed by atoms with Crippen LogP contribution in [0.1, 0.15) is 20.8 Å². The smallest absolute Gasteiger partial charge is 0.00389 e. The lowest BCUT2D eigenvalue weighted by Crippen LogP contribution is -1.97. The van der Waals surface area contributed by atoms with Gasteiger partial charge >= 0.3 is 0 Å². The van der Waals surface area contributed by atoms with E-state index in [0.717, 1.165) is 0 Å². The van der Waals surface area contributed by atoms with E-state index in [1.54, 1.807) is 0 Å². The molecule has 0 aliphatic carbocycles. The van der Waals surface area contributed by atoms with Crippen molar-refractivity contribution in [1.29, 1.82) is 0 Å². The van der Waals surface area contributed by atoms with Crippen LogP contribution in [0.3, 0.4) is 0 Å². The van der Waals surface area contributed by atoms with Crippen LogP contribution in [0.2, 0.25) is 0 Å². The van der Waals surface area contributed by atoms with E-state index in [0.29, 0.717) is 0 Å². The Morgan fingerprint density at radius 1 is 0.700 bits per heavy atom. The van der Waals surface area contributed by atoms with Crippen LogP contribution >= 0.6 is 0 Å². The third-order valence-electron chi connectivity index (χ3n) is 0.964. The highest BCUT2D eigenvalue weighted by Crippen LogP contribution is 1.92. The first-order valence-electron chi connectivity index (χ1n) is 3.51. The molecule has 0 spiro atoms. The summed E-state index contributed by atoms with van der Waals surface area (Å²) in [5.41, 5.74) is 0. The van der Waals surface area contributed by atoms with Crippen LogP contribution in [-0.2, 0) is 0 Å². The summed E-state index contributed by atoms with van der Waals surface area (Å²) >= 11 is 0. The number of nitrogens with zero attached hydrogens (tertiary/aromatic N) is 1. The van der Waals surface area contributed by atoms with E-state index in [4.69, 9.17) is 0 Å². The quantitative estimate of drug-likeness (QED) is 0.578. The zero-order valence-corrected chi connectivity index (χ0v) is 6.91. The molecule has 0 unspecified atom stereocenters. The van der Waals surface area contributed by atoms with E-state index in [2.05, 4.69) is 0 Å². The second kappa shape index (κ2) is 6.14. The van der Waals surface area contributed by atoms with Crippen molar-refractivity contribution < 1.29 is 0 Å². The van der Waals surface area contributed by atoms with Crippen LogP contribution in [0.15, 0.2) is 36.8 Å². The maximum Gasteiger partial charge on any atom is 0.00389 e. The molecule has 0 atom stereocenters. The maximum atomic E-state index is 2.00. The Kier molecular flexibility index (Phi) is 5.54. The molecular weight excluding hydrogens is 122 g/mol. The number of hydrogen-bond acceptors (Lipinski definition) is 1. The van der Waals surface area contributed by atoms with Crippen molar-refractivity contribution in [2.24, 2.45) is 0 Å². The fourth-order valence-electron chi connectivity index (χ4n) is 0.665. The highest BCUT2D eigenvalue weighted by Gasteiger charge is 1.80. The van der Waals surface area contributed by atoms with Gasteiger partial charge in [-0.15, -0.1) is 0 Å². The average Bonchev–Trinajstić information content (AvgIpc) is 1.90. The lowest BCUT2D eigenvalue weighted by atomic mass is 10.5. The molecule has 0 saturated carbocycles. The summed E-state index contributed by atoms with van der Waals surface area (Å²) in [7, 11) is 0. The van der Waals surface area contributed by atoms with E-state index in [-0.39, 0.29) is 0 Å². The molecule has 0 rings (SSSR count). The lowest BCUT2D eigenvalue weighted by Gasteiger charge is -2.06. The molecule has 0 aliphatic heterocycles. The van der Waals surface area contributed by atoms with Gasteiger partial charge in [0.25, 0.3) is 0 Å². The number of rotatable bonds is 3. The van der Waals surface area contributed by atoms with Gasteiger partial charge < -0.3 is 4.90 Å². The standard InChI is InChI=1S/C9H15N/c1-4-7-10(8-5-2)9-6-3/h4-9H,1-3H3/b7-4+,8-5+,9-6+. The molecule has 0 aromatic heterocycles. The van der Waals surface area contributed by atoms with Crippen LogP contribution in [0, 0.1) is 0 Å². The minimum Gasteiger partial charge on any atom is -0.332 e. The second-order valence-electron chi connectivity index (χ2n) is 1.89. The summed E-state index contributed by atoms with van der Waals surface area (Å²) in [6, 6.07) is 0. The third-order valence-corrected chi connectivity index (χ3v) is 0.964. The summed E-state index contributed by atoms with van der Waals surface area (Å²) in [6.45, 7) is 6.00. The maximum absolute atomic E-state index is 2.00. The van der Waals surface area contributed by atoms with E-state index >= 15 is 0 Å². The highest BCUT2D eigenvalue weighted by atomic mass is 15.1. The fourth-order valence-corrected chi connectivity index (χ4v) is 0.665. The summed E-state index contributed by atoms with van der Waals surface area (Å²) in [4.78, 5) is 2.00. The van der Waals surface area contributed by atoms with Gasteiger partial charge in [-0.25, -0.2) is 0 Å². The molecule has 0 bridgehead atoms. The van der Waals surface area contributed by atoms with Crippen LogP contribution in [0.4, 0.5) is 0 Å². The van der Waals surface area contributed by atoms with Gasteiger partial charge in [0.2, 0.25) is 0 Å². The Labute approximate surface area is 63.3 Å². The molecule has 0 aliphatic rings. The van der Waals surface area contributed by atoms with Gasteiger partial charge in [0.15, 0.2) is 0 Å². The highest BCUT2D eigenvalue weighted by molar-refractivity contribution is 4.96. The molecule has 1 nitrogen and oxygen atoms in total. The predicted octanol–water partition coefficient (Wildman–Crippen LogP) is 2.89. The first-order valence-corrected chi connectivity index (χ1v) is 3.51. The van der Waals surface area contributed by atoms with Crippen molar-refractivity contribution in [3.8, 4) is 0 Å². The van der Waals surface area contributed by atoms with Crippen molar-refractivity contribution in [2.75, 3.05) is 0 Å². The Balaban J connectivity index is 3.97. The topological polar surface area (TPSA) is 3.24 Å². The average molecular weight is 137 g/mol. The summed E-state index contributed by atoms with van der Waals surface area (Å²) < 4.78 is 0. The first kappa shape index (κ1) is 9.02. The van der Waals surface area contributed by atoms with E-state index in [1.807, 2.05) is 62.5 Å². The third kappa shape index (κ3) is 3.96. The van der Waals surface area contributed by atoms with Gasteiger partial charge in [0, 0.05) is 18.6 Å². The summed E-state index contributed by atoms with van der Waals surface area (Å²) in [5, 5.41) is 0. The SMILES string of the molecule is C/C=C/N(/C=C/C)/C=C/C. The van der Waals surface area contributed by atoms with Gasteiger partial charge in [0.1, 0.15) is 0 Å². The molecule has 0 N–H and O–H groups in total. The zero-order valence-electron chi connectivity index (χ0n) is 6.91. The van der Waals surface area contributed by atoms with Crippen molar-refractivity contribution in [1.82, 2.24) is 4.90 Å². The van der Waals surface area contributed by atoms with E-state index < -0.39 is 0 Å². The number of allylic oxidation sites excluding steroid dienone is 3. The minimum absolute atomic E-state index is 2.00. The molecule has 0 aromatic rings. The molecule has 56 valence electrons. The molecule has 0 saturated heterocycles. The Hall–Kier alpha value is -0.980. The Morgan fingerprint density at radius 2 is 1.00 bits per heavy atom. The number of hydrogen-bond donors (Lipinski definition) is 0. The van der Waals surface area contributed by atoms with Gasteiger partial charge in [-0.2, -0.15) is 0 Å². The minimum atomic E-state index is 2.00. The lowest BCUT2D eigenvalue weighted by molar-refractivity contribution is 0.688. The predicted molar refractivity (Wildman–Crippen MR) is 46.3 cm³/mol. The Morgan fingerprint density at radius 3 is 1.20 bits per heavy atom. The van der Waals surface area contributed by atoms with Crippen LogP contribution in [-0.4, -0.2) is 4.90 Å². The van der Waals surface area contributed by atoms with Gasteiger partial charge in [-0.1, -0.05) is 18.2 Å². The summed E-state index contributed by atoms with van der Waals surface area (Å²) in [6.07, 6.45) is 12.0. The molecule has 0 heterocycles. The zero-order chi connectivity index (χ0) is 7.82. The first-order chi connectivity index (χ1) is 4.85. The van der Waals surface area contributed by atoms with Crippen molar-refractivity contribution in [3.63, 3.8) is 0 Å². The molecule has 0 aromatic carbocycles. The molecule has 0 fully saturated rings. The fraction of sp³-hybridized carbons (Fsp3) is 0.333. The molecule has 0 radical (unpaired) electrons. The largest absolute Gasteiger partial charge is 0.332 e.